The molecule has 0 unspecified atom stereocenters. The molecule has 8 heteroatoms. The summed E-state index contributed by atoms with van der Waals surface area (Å²) in [5.41, 5.74) is 0.963. The van der Waals surface area contributed by atoms with E-state index in [0.29, 0.717) is 13.1 Å². The first kappa shape index (κ1) is 22.4. The summed E-state index contributed by atoms with van der Waals surface area (Å²) >= 11 is 0. The summed E-state index contributed by atoms with van der Waals surface area (Å²) < 4.78 is 7.29. The Bertz CT molecular complexity index is 803. The molecule has 0 N–H and O–H groups in total. The number of amides is 1. The van der Waals surface area contributed by atoms with Crippen molar-refractivity contribution in [1.29, 1.82) is 0 Å². The average Bonchev–Trinajstić information content (AvgIpc) is 3.15. The van der Waals surface area contributed by atoms with E-state index in [-0.39, 0.29) is 17.4 Å². The molecule has 1 atom stereocenters. The lowest BCUT2D eigenvalue weighted by Crippen LogP contribution is -2.50. The molecule has 4 heterocycles. The maximum absolute atomic E-state index is 12.9. The number of fused-ring (bicyclic) bond motifs is 1. The molecular formula is C23H37N5O3. The van der Waals surface area contributed by atoms with Crippen LogP contribution in [0, 0.1) is 0 Å². The van der Waals surface area contributed by atoms with Crippen molar-refractivity contribution in [2.75, 3.05) is 65.6 Å². The standard InChI is InChI=1S/C23H37N5O3/c1-2-31-15-14-25-10-12-26(13-11-25)18-23(30)27-9-7-19(17-27)20-16-22(29)28-8-5-3-4-6-21(28)24-20/h16,19H,2-15,17-18H2,1H3/t19-/m1/s1. The van der Waals surface area contributed by atoms with Crippen molar-refractivity contribution >= 4 is 5.91 Å². The largest absolute Gasteiger partial charge is 0.380 e. The van der Waals surface area contributed by atoms with Gasteiger partial charge in [0.2, 0.25) is 5.91 Å². The molecular weight excluding hydrogens is 394 g/mol. The minimum absolute atomic E-state index is 0.0777. The van der Waals surface area contributed by atoms with Crippen LogP contribution in [0.15, 0.2) is 10.9 Å². The molecule has 0 spiro atoms. The number of rotatable bonds is 7. The second-order valence-corrected chi connectivity index (χ2v) is 9.04. The fourth-order valence-electron chi connectivity index (χ4n) is 4.97. The predicted octanol–water partition coefficient (Wildman–Crippen LogP) is 0.940. The molecule has 172 valence electrons. The second-order valence-electron chi connectivity index (χ2n) is 9.04. The van der Waals surface area contributed by atoms with Crippen LogP contribution in [-0.4, -0.2) is 95.7 Å². The van der Waals surface area contributed by atoms with Gasteiger partial charge in [0, 0.05) is 77.4 Å². The number of aryl methyl sites for hydroxylation is 1. The summed E-state index contributed by atoms with van der Waals surface area (Å²) in [5.74, 6) is 1.32. The maximum Gasteiger partial charge on any atom is 0.253 e. The molecule has 1 aromatic heterocycles. The van der Waals surface area contributed by atoms with Crippen LogP contribution in [0.25, 0.3) is 0 Å². The zero-order valence-corrected chi connectivity index (χ0v) is 18.9. The Morgan fingerprint density at radius 2 is 1.90 bits per heavy atom. The van der Waals surface area contributed by atoms with Crippen LogP contribution in [0.5, 0.6) is 0 Å². The van der Waals surface area contributed by atoms with Gasteiger partial charge in [-0.1, -0.05) is 6.42 Å². The van der Waals surface area contributed by atoms with Crippen LogP contribution in [0.2, 0.25) is 0 Å². The van der Waals surface area contributed by atoms with Crippen LogP contribution in [0.1, 0.15) is 50.0 Å². The van der Waals surface area contributed by atoms with E-state index in [1.807, 2.05) is 16.4 Å². The van der Waals surface area contributed by atoms with Crippen molar-refractivity contribution in [1.82, 2.24) is 24.3 Å². The van der Waals surface area contributed by atoms with Crippen molar-refractivity contribution < 1.29 is 9.53 Å². The quantitative estimate of drug-likeness (QED) is 0.599. The molecule has 0 radical (unpaired) electrons. The summed E-state index contributed by atoms with van der Waals surface area (Å²) in [6.07, 6.45) is 5.09. The molecule has 0 aliphatic carbocycles. The number of hydrogen-bond donors (Lipinski definition) is 0. The number of aromatic nitrogens is 2. The van der Waals surface area contributed by atoms with E-state index in [4.69, 9.17) is 9.72 Å². The average molecular weight is 432 g/mol. The summed E-state index contributed by atoms with van der Waals surface area (Å²) in [4.78, 5) is 37.0. The highest BCUT2D eigenvalue weighted by Gasteiger charge is 2.30. The molecule has 2 fully saturated rings. The van der Waals surface area contributed by atoms with E-state index in [2.05, 4.69) is 9.80 Å². The van der Waals surface area contributed by atoms with Gasteiger partial charge in [-0.2, -0.15) is 0 Å². The first-order valence-corrected chi connectivity index (χ1v) is 12.0. The Labute approximate surface area is 185 Å². The second kappa shape index (κ2) is 10.7. The van der Waals surface area contributed by atoms with Gasteiger partial charge in [-0.05, 0) is 26.2 Å². The number of ether oxygens (including phenoxy) is 1. The molecule has 3 aliphatic rings. The van der Waals surface area contributed by atoms with Gasteiger partial charge in [0.05, 0.1) is 18.8 Å². The topological polar surface area (TPSA) is 70.9 Å². The Morgan fingerprint density at radius 3 is 2.71 bits per heavy atom. The lowest BCUT2D eigenvalue weighted by Gasteiger charge is -2.34. The minimum atomic E-state index is 0.0777. The molecule has 2 saturated heterocycles. The molecule has 1 aromatic rings. The highest BCUT2D eigenvalue weighted by Crippen LogP contribution is 2.26. The summed E-state index contributed by atoms with van der Waals surface area (Å²) in [5, 5.41) is 0. The van der Waals surface area contributed by atoms with Crippen LogP contribution in [-0.2, 0) is 22.5 Å². The smallest absolute Gasteiger partial charge is 0.253 e. The van der Waals surface area contributed by atoms with E-state index in [1.165, 1.54) is 0 Å². The van der Waals surface area contributed by atoms with Crippen molar-refractivity contribution in [2.24, 2.45) is 0 Å². The van der Waals surface area contributed by atoms with Crippen LogP contribution < -0.4 is 5.56 Å². The van der Waals surface area contributed by atoms with Gasteiger partial charge in [0.1, 0.15) is 5.82 Å². The predicted molar refractivity (Wildman–Crippen MR) is 119 cm³/mol. The third-order valence-electron chi connectivity index (χ3n) is 6.93. The molecule has 8 nitrogen and oxygen atoms in total. The summed E-state index contributed by atoms with van der Waals surface area (Å²) in [7, 11) is 0. The first-order chi connectivity index (χ1) is 15.1. The van der Waals surface area contributed by atoms with Gasteiger partial charge in [-0.15, -0.1) is 0 Å². The van der Waals surface area contributed by atoms with Crippen LogP contribution in [0.4, 0.5) is 0 Å². The van der Waals surface area contributed by atoms with Gasteiger partial charge in [0.15, 0.2) is 0 Å². The Kier molecular flexibility index (Phi) is 7.74. The van der Waals surface area contributed by atoms with Crippen molar-refractivity contribution in [3.05, 3.63) is 27.9 Å². The Hall–Kier alpha value is -1.77. The van der Waals surface area contributed by atoms with E-state index >= 15 is 0 Å². The zero-order valence-electron chi connectivity index (χ0n) is 18.9. The number of likely N-dealkylation sites (tertiary alicyclic amines) is 1. The highest BCUT2D eigenvalue weighted by atomic mass is 16.5. The zero-order chi connectivity index (χ0) is 21.6. The van der Waals surface area contributed by atoms with Gasteiger partial charge in [-0.3, -0.25) is 24.0 Å². The Morgan fingerprint density at radius 1 is 1.10 bits per heavy atom. The van der Waals surface area contributed by atoms with Gasteiger partial charge >= 0.3 is 0 Å². The maximum atomic E-state index is 12.9. The van der Waals surface area contributed by atoms with Crippen molar-refractivity contribution in [3.63, 3.8) is 0 Å². The van der Waals surface area contributed by atoms with Crippen LogP contribution >= 0.6 is 0 Å². The minimum Gasteiger partial charge on any atom is -0.380 e. The molecule has 0 saturated carbocycles. The molecule has 31 heavy (non-hydrogen) atoms. The summed E-state index contributed by atoms with van der Waals surface area (Å²) in [6.45, 7) is 11.1. The van der Waals surface area contributed by atoms with Crippen LogP contribution in [0.3, 0.4) is 0 Å². The fourth-order valence-corrected chi connectivity index (χ4v) is 4.97. The number of hydrogen-bond acceptors (Lipinski definition) is 6. The molecule has 3 aliphatic heterocycles. The number of nitrogens with zero attached hydrogens (tertiary/aromatic N) is 5. The van der Waals surface area contributed by atoms with E-state index < -0.39 is 0 Å². The monoisotopic (exact) mass is 431 g/mol. The normalized spacial score (nSPS) is 23.0. The molecule has 1 amide bonds. The molecule has 0 aromatic carbocycles. The lowest BCUT2D eigenvalue weighted by molar-refractivity contribution is -0.131. The summed E-state index contributed by atoms with van der Waals surface area (Å²) in [6, 6.07) is 1.72. The highest BCUT2D eigenvalue weighted by molar-refractivity contribution is 5.78. The number of carbonyl (C=O) groups is 1. The Balaban J connectivity index is 1.27. The number of piperazine rings is 1. The fraction of sp³-hybridized carbons (Fsp3) is 0.783. The van der Waals surface area contributed by atoms with E-state index in [0.717, 1.165) is 103 Å². The number of carbonyl (C=O) groups excluding carboxylic acids is 1. The third-order valence-corrected chi connectivity index (χ3v) is 6.93. The SMILES string of the molecule is CCOCCN1CCN(CC(=O)N2CC[C@@H](c3cc(=O)n4c(n3)CCCCC4)C2)CC1. The van der Waals surface area contributed by atoms with Gasteiger partial charge < -0.3 is 9.64 Å². The third kappa shape index (κ3) is 5.73. The van der Waals surface area contributed by atoms with Crippen molar-refractivity contribution in [3.8, 4) is 0 Å². The first-order valence-electron chi connectivity index (χ1n) is 12.0. The van der Waals surface area contributed by atoms with E-state index in [9.17, 15) is 9.59 Å². The van der Waals surface area contributed by atoms with Gasteiger partial charge in [0.25, 0.3) is 5.56 Å². The van der Waals surface area contributed by atoms with Gasteiger partial charge in [-0.25, -0.2) is 4.98 Å². The lowest BCUT2D eigenvalue weighted by atomic mass is 10.0. The molecule has 4 rings (SSSR count). The molecule has 0 bridgehead atoms. The van der Waals surface area contributed by atoms with E-state index in [1.54, 1.807) is 6.07 Å². The van der Waals surface area contributed by atoms with Crippen molar-refractivity contribution in [2.45, 2.75) is 51.5 Å².